The average molecular weight is 455 g/mol. The second kappa shape index (κ2) is 8.39. The largest absolute Gasteiger partial charge is 0.507 e. The van der Waals surface area contributed by atoms with Crippen molar-refractivity contribution in [3.05, 3.63) is 76.0 Å². The van der Waals surface area contributed by atoms with E-state index in [4.69, 9.17) is 25.6 Å². The number of anilines is 1. The molecule has 0 aliphatic carbocycles. The zero-order valence-corrected chi connectivity index (χ0v) is 18.2. The number of aliphatic hydroxyl groups is 1. The van der Waals surface area contributed by atoms with Crippen molar-refractivity contribution in [2.45, 2.75) is 13.0 Å². The topological polar surface area (TPSA) is 102 Å². The van der Waals surface area contributed by atoms with Gasteiger partial charge in [-0.25, -0.2) is 0 Å². The van der Waals surface area contributed by atoms with Crippen molar-refractivity contribution in [1.82, 2.24) is 5.16 Å². The number of hydrogen-bond donors (Lipinski definition) is 1. The summed E-state index contributed by atoms with van der Waals surface area (Å²) in [5, 5.41) is 15.5. The van der Waals surface area contributed by atoms with Crippen LogP contribution in [0.3, 0.4) is 0 Å². The summed E-state index contributed by atoms with van der Waals surface area (Å²) in [5.41, 5.74) is 0.641. The Morgan fingerprint density at radius 2 is 1.81 bits per heavy atom. The first-order valence-electron chi connectivity index (χ1n) is 9.58. The van der Waals surface area contributed by atoms with Gasteiger partial charge < -0.3 is 19.1 Å². The summed E-state index contributed by atoms with van der Waals surface area (Å²) in [6, 6.07) is 11.8. The van der Waals surface area contributed by atoms with Crippen LogP contribution in [-0.4, -0.2) is 36.2 Å². The first kappa shape index (κ1) is 21.5. The van der Waals surface area contributed by atoms with Crippen molar-refractivity contribution < 1.29 is 28.7 Å². The Balaban J connectivity index is 2.00. The summed E-state index contributed by atoms with van der Waals surface area (Å²) in [4.78, 5) is 27.4. The number of aliphatic hydroxyl groups excluding tert-OH is 1. The second-order valence-electron chi connectivity index (χ2n) is 7.08. The van der Waals surface area contributed by atoms with Crippen LogP contribution in [0.2, 0.25) is 5.02 Å². The number of aromatic nitrogens is 1. The number of methoxy groups -OCH3 is 2. The number of hydrogen-bond acceptors (Lipinski definition) is 7. The van der Waals surface area contributed by atoms with Gasteiger partial charge in [-0.1, -0.05) is 16.8 Å². The highest BCUT2D eigenvalue weighted by Gasteiger charge is 2.49. The standard InChI is InChI=1S/C23H19ClN2O6/c1-12-10-18(25-32-12)26-20(16-11-15(30-2)8-9-17(16)31-3)19(22(28)23(26)29)21(27)13-4-6-14(24)7-5-13/h4-11,20,27H,1-3H3/t20-/m1/s1. The molecule has 4 rings (SSSR count). The molecule has 0 bridgehead atoms. The van der Waals surface area contributed by atoms with E-state index in [0.717, 1.165) is 0 Å². The van der Waals surface area contributed by atoms with Crippen LogP contribution in [0, 0.1) is 6.92 Å². The van der Waals surface area contributed by atoms with Crippen molar-refractivity contribution in [1.29, 1.82) is 0 Å². The number of benzene rings is 2. The fourth-order valence-corrected chi connectivity index (χ4v) is 3.77. The molecule has 1 amide bonds. The molecule has 1 aliphatic rings. The van der Waals surface area contributed by atoms with Crippen molar-refractivity contribution in [2.75, 3.05) is 19.1 Å². The Labute approximate surface area is 188 Å². The van der Waals surface area contributed by atoms with Crippen molar-refractivity contribution >= 4 is 34.9 Å². The van der Waals surface area contributed by atoms with E-state index in [-0.39, 0.29) is 17.2 Å². The molecule has 164 valence electrons. The molecule has 32 heavy (non-hydrogen) atoms. The Bertz CT molecular complexity index is 1230. The van der Waals surface area contributed by atoms with E-state index < -0.39 is 17.7 Å². The minimum absolute atomic E-state index is 0.121. The number of ether oxygens (including phenoxy) is 2. The highest BCUT2D eigenvalue weighted by molar-refractivity contribution is 6.51. The number of Topliss-reactive ketones (excluding diaryl/α,β-unsaturated/α-hetero) is 1. The number of amides is 1. The Morgan fingerprint density at radius 1 is 1.09 bits per heavy atom. The van der Waals surface area contributed by atoms with E-state index in [2.05, 4.69) is 5.16 Å². The van der Waals surface area contributed by atoms with E-state index in [0.29, 0.717) is 33.4 Å². The quantitative estimate of drug-likeness (QED) is 0.348. The Kier molecular flexibility index (Phi) is 5.63. The van der Waals surface area contributed by atoms with Crippen LogP contribution < -0.4 is 14.4 Å². The van der Waals surface area contributed by atoms with Gasteiger partial charge in [-0.15, -0.1) is 0 Å². The Hall–Kier alpha value is -3.78. The third-order valence-electron chi connectivity index (χ3n) is 5.16. The molecule has 2 heterocycles. The van der Waals surface area contributed by atoms with E-state index in [9.17, 15) is 14.7 Å². The SMILES string of the molecule is COc1ccc(OC)c([C@@H]2C(=C(O)c3ccc(Cl)cc3)C(=O)C(=O)N2c2cc(C)on2)c1. The van der Waals surface area contributed by atoms with Crippen molar-refractivity contribution in [2.24, 2.45) is 0 Å². The number of nitrogens with zero attached hydrogens (tertiary/aromatic N) is 2. The van der Waals surface area contributed by atoms with Crippen LogP contribution in [0.15, 0.2) is 58.6 Å². The molecule has 0 radical (unpaired) electrons. The summed E-state index contributed by atoms with van der Waals surface area (Å²) in [6.45, 7) is 1.67. The highest BCUT2D eigenvalue weighted by atomic mass is 35.5. The average Bonchev–Trinajstić information content (AvgIpc) is 3.33. The number of ketones is 1. The first-order chi connectivity index (χ1) is 15.3. The molecule has 0 spiro atoms. The van der Waals surface area contributed by atoms with E-state index in [1.165, 1.54) is 25.2 Å². The van der Waals surface area contributed by atoms with Gasteiger partial charge in [-0.05, 0) is 49.4 Å². The smallest absolute Gasteiger partial charge is 0.301 e. The maximum Gasteiger partial charge on any atom is 0.301 e. The molecule has 9 heteroatoms. The molecular formula is C23H19ClN2O6. The molecular weight excluding hydrogens is 436 g/mol. The van der Waals surface area contributed by atoms with Crippen LogP contribution in [0.25, 0.3) is 5.76 Å². The lowest BCUT2D eigenvalue weighted by Crippen LogP contribution is -2.30. The van der Waals surface area contributed by atoms with E-state index in [1.807, 2.05) is 0 Å². The molecule has 1 aliphatic heterocycles. The lowest BCUT2D eigenvalue weighted by molar-refractivity contribution is -0.132. The summed E-state index contributed by atoms with van der Waals surface area (Å²) < 4.78 is 16.0. The third-order valence-corrected chi connectivity index (χ3v) is 5.41. The normalized spacial score (nSPS) is 17.6. The first-order valence-corrected chi connectivity index (χ1v) is 9.95. The predicted octanol–water partition coefficient (Wildman–Crippen LogP) is 4.28. The van der Waals surface area contributed by atoms with Crippen molar-refractivity contribution in [3.8, 4) is 11.5 Å². The van der Waals surface area contributed by atoms with Crippen LogP contribution in [0.4, 0.5) is 5.82 Å². The van der Waals surface area contributed by atoms with Gasteiger partial charge in [-0.3, -0.25) is 14.5 Å². The minimum Gasteiger partial charge on any atom is -0.507 e. The molecule has 1 aromatic heterocycles. The third kappa shape index (κ3) is 3.58. The van der Waals surface area contributed by atoms with Gasteiger partial charge in [0.2, 0.25) is 0 Å². The zero-order valence-electron chi connectivity index (χ0n) is 17.5. The number of halogens is 1. The second-order valence-corrected chi connectivity index (χ2v) is 7.52. The lowest BCUT2D eigenvalue weighted by Gasteiger charge is -2.24. The maximum atomic E-state index is 13.1. The predicted molar refractivity (Wildman–Crippen MR) is 117 cm³/mol. The van der Waals surface area contributed by atoms with Crippen LogP contribution >= 0.6 is 11.6 Å². The minimum atomic E-state index is -1.04. The highest BCUT2D eigenvalue weighted by Crippen LogP contribution is 2.45. The zero-order chi connectivity index (χ0) is 23.0. The molecule has 8 nitrogen and oxygen atoms in total. The number of carbonyl (C=O) groups is 2. The molecule has 0 unspecified atom stereocenters. The Morgan fingerprint density at radius 3 is 2.41 bits per heavy atom. The molecule has 2 aromatic carbocycles. The molecule has 0 saturated carbocycles. The molecule has 3 aromatic rings. The van der Waals surface area contributed by atoms with Crippen LogP contribution in [0.1, 0.15) is 22.9 Å². The summed E-state index contributed by atoms with van der Waals surface area (Å²) in [5.74, 6) is -0.612. The number of carbonyl (C=O) groups excluding carboxylic acids is 2. The van der Waals surface area contributed by atoms with Crippen molar-refractivity contribution in [3.63, 3.8) is 0 Å². The fourth-order valence-electron chi connectivity index (χ4n) is 3.65. The van der Waals surface area contributed by atoms with E-state index in [1.54, 1.807) is 49.4 Å². The summed E-state index contributed by atoms with van der Waals surface area (Å²) in [7, 11) is 2.97. The van der Waals surface area contributed by atoms with Gasteiger partial charge in [-0.2, -0.15) is 0 Å². The maximum absolute atomic E-state index is 13.1. The van der Waals surface area contributed by atoms with Gasteiger partial charge >= 0.3 is 5.91 Å². The van der Waals surface area contributed by atoms with E-state index >= 15 is 0 Å². The molecule has 1 saturated heterocycles. The monoisotopic (exact) mass is 454 g/mol. The van der Waals surface area contributed by atoms with Gasteiger partial charge in [0, 0.05) is 22.2 Å². The molecule has 1 N–H and O–H groups in total. The van der Waals surface area contributed by atoms with Gasteiger partial charge in [0.15, 0.2) is 5.82 Å². The lowest BCUT2D eigenvalue weighted by atomic mass is 9.94. The summed E-state index contributed by atoms with van der Waals surface area (Å²) >= 11 is 5.95. The van der Waals surface area contributed by atoms with Gasteiger partial charge in [0.1, 0.15) is 29.1 Å². The van der Waals surface area contributed by atoms with Crippen LogP contribution in [0.5, 0.6) is 11.5 Å². The van der Waals surface area contributed by atoms with Gasteiger partial charge in [0.25, 0.3) is 5.78 Å². The molecule has 1 fully saturated rings. The van der Waals surface area contributed by atoms with Gasteiger partial charge in [0.05, 0.1) is 19.8 Å². The number of aryl methyl sites for hydroxylation is 1. The summed E-state index contributed by atoms with van der Waals surface area (Å²) in [6.07, 6.45) is 0. The van der Waals surface area contributed by atoms with Crippen LogP contribution in [-0.2, 0) is 9.59 Å². The molecule has 1 atom stereocenters. The fraction of sp³-hybridized carbons (Fsp3) is 0.174. The number of rotatable bonds is 5.